The Morgan fingerprint density at radius 3 is 2.29 bits per heavy atom. The lowest BCUT2D eigenvalue weighted by atomic mass is 10.1. The van der Waals surface area contributed by atoms with Crippen LogP contribution in [0, 0.1) is 0 Å². The Morgan fingerprint density at radius 2 is 1.74 bits per heavy atom. The number of halogens is 3. The number of nitrogens with zero attached hydrogens (tertiary/aromatic N) is 4. The molecule has 9 heteroatoms. The Bertz CT molecular complexity index is 757. The maximum absolute atomic E-state index is 13.0. The van der Waals surface area contributed by atoms with Crippen LogP contribution in [0.1, 0.15) is 37.8 Å². The molecule has 2 saturated heterocycles. The molecule has 0 spiro atoms. The quantitative estimate of drug-likeness (QED) is 0.547. The summed E-state index contributed by atoms with van der Waals surface area (Å²) in [5.41, 5.74) is 2.15. The van der Waals surface area contributed by atoms with Gasteiger partial charge in [-0.15, -0.1) is 0 Å². The van der Waals surface area contributed by atoms with Gasteiger partial charge in [-0.05, 0) is 31.4 Å². The minimum Gasteiger partial charge on any atom is -0.357 e. The van der Waals surface area contributed by atoms with Crippen LogP contribution in [0.2, 0.25) is 0 Å². The molecule has 1 unspecified atom stereocenters. The first-order chi connectivity index (χ1) is 14.8. The highest BCUT2D eigenvalue weighted by atomic mass is 19.4. The maximum atomic E-state index is 13.0. The average molecular weight is 440 g/mol. The van der Waals surface area contributed by atoms with Crippen LogP contribution in [0.4, 0.5) is 13.2 Å². The number of rotatable bonds is 6. The van der Waals surface area contributed by atoms with Gasteiger partial charge >= 0.3 is 6.18 Å². The first-order valence-corrected chi connectivity index (χ1v) is 11.0. The average Bonchev–Trinajstić information content (AvgIpc) is 3.15. The number of alkyl halides is 3. The molecule has 1 aromatic carbocycles. The molecule has 1 N–H and O–H groups in total. The Kier molecular flexibility index (Phi) is 7.80. The molecule has 1 amide bonds. The number of hydrogen-bond acceptors (Lipinski definition) is 3. The maximum Gasteiger partial charge on any atom is 0.403 e. The van der Waals surface area contributed by atoms with Gasteiger partial charge in [-0.3, -0.25) is 9.69 Å². The van der Waals surface area contributed by atoms with E-state index in [2.05, 4.69) is 5.32 Å². The molecule has 2 aliphatic heterocycles. The van der Waals surface area contributed by atoms with Crippen LogP contribution in [0.3, 0.4) is 0 Å². The number of carbonyl (C=O) groups excluding carboxylic acids is 1. The monoisotopic (exact) mass is 439 g/mol. The van der Waals surface area contributed by atoms with Gasteiger partial charge in [-0.1, -0.05) is 24.3 Å². The van der Waals surface area contributed by atoms with Crippen LogP contribution in [0.15, 0.2) is 29.3 Å². The SMILES string of the molecule is CCNC(=NCc1ccc(CN2CCCC2=O)cc1)N1CCN(C(C)C(F)(F)F)CC1. The zero-order valence-corrected chi connectivity index (χ0v) is 18.3. The molecule has 0 saturated carbocycles. The summed E-state index contributed by atoms with van der Waals surface area (Å²) >= 11 is 0. The second kappa shape index (κ2) is 10.3. The predicted octanol–water partition coefficient (Wildman–Crippen LogP) is 2.84. The van der Waals surface area contributed by atoms with Gasteiger partial charge in [0, 0.05) is 52.2 Å². The number of piperazine rings is 1. The molecule has 0 bridgehead atoms. The van der Waals surface area contributed by atoms with Crippen molar-refractivity contribution in [3.05, 3.63) is 35.4 Å². The molecule has 2 aliphatic rings. The number of amides is 1. The first kappa shape index (κ1) is 23.4. The van der Waals surface area contributed by atoms with E-state index in [1.54, 1.807) is 0 Å². The van der Waals surface area contributed by atoms with Crippen LogP contribution in [-0.2, 0) is 17.9 Å². The second-order valence-corrected chi connectivity index (χ2v) is 8.15. The number of benzene rings is 1. The lowest BCUT2D eigenvalue weighted by Crippen LogP contribution is -2.56. The normalized spacial score (nSPS) is 19.8. The third-order valence-electron chi connectivity index (χ3n) is 5.95. The first-order valence-electron chi connectivity index (χ1n) is 11.0. The molecular formula is C22H32F3N5O. The second-order valence-electron chi connectivity index (χ2n) is 8.15. The highest BCUT2D eigenvalue weighted by Crippen LogP contribution is 2.25. The number of carbonyl (C=O) groups is 1. The minimum atomic E-state index is -4.20. The lowest BCUT2D eigenvalue weighted by Gasteiger charge is -2.39. The largest absolute Gasteiger partial charge is 0.403 e. The highest BCUT2D eigenvalue weighted by Gasteiger charge is 2.41. The van der Waals surface area contributed by atoms with Gasteiger partial charge in [0.1, 0.15) is 6.04 Å². The zero-order chi connectivity index (χ0) is 22.4. The predicted molar refractivity (Wildman–Crippen MR) is 115 cm³/mol. The van der Waals surface area contributed by atoms with E-state index in [1.165, 1.54) is 11.8 Å². The van der Waals surface area contributed by atoms with Crippen molar-refractivity contribution < 1.29 is 18.0 Å². The Balaban J connectivity index is 1.55. The van der Waals surface area contributed by atoms with Crippen molar-refractivity contribution in [1.82, 2.24) is 20.0 Å². The summed E-state index contributed by atoms with van der Waals surface area (Å²) in [5.74, 6) is 0.947. The van der Waals surface area contributed by atoms with Gasteiger partial charge in [0.2, 0.25) is 5.91 Å². The van der Waals surface area contributed by atoms with Crippen molar-refractivity contribution in [2.24, 2.45) is 4.99 Å². The fourth-order valence-electron chi connectivity index (χ4n) is 3.96. The van der Waals surface area contributed by atoms with Gasteiger partial charge in [0.25, 0.3) is 0 Å². The molecule has 6 nitrogen and oxygen atoms in total. The number of likely N-dealkylation sites (tertiary alicyclic amines) is 1. The number of guanidine groups is 1. The van der Waals surface area contributed by atoms with Crippen LogP contribution >= 0.6 is 0 Å². The smallest absolute Gasteiger partial charge is 0.357 e. The summed E-state index contributed by atoms with van der Waals surface area (Å²) in [6.07, 6.45) is -2.62. The van der Waals surface area contributed by atoms with Gasteiger partial charge < -0.3 is 15.1 Å². The fraction of sp³-hybridized carbons (Fsp3) is 0.636. The molecule has 1 atom stereocenters. The van der Waals surface area contributed by atoms with Crippen molar-refractivity contribution in [2.75, 3.05) is 39.3 Å². The van der Waals surface area contributed by atoms with Crippen LogP contribution < -0.4 is 5.32 Å². The zero-order valence-electron chi connectivity index (χ0n) is 18.3. The Morgan fingerprint density at radius 1 is 1.10 bits per heavy atom. The van der Waals surface area contributed by atoms with Gasteiger partial charge in [-0.2, -0.15) is 13.2 Å². The highest BCUT2D eigenvalue weighted by molar-refractivity contribution is 5.80. The van der Waals surface area contributed by atoms with E-state index in [-0.39, 0.29) is 5.91 Å². The summed E-state index contributed by atoms with van der Waals surface area (Å²) in [6, 6.07) is 6.67. The lowest BCUT2D eigenvalue weighted by molar-refractivity contribution is -0.181. The van der Waals surface area contributed by atoms with E-state index in [9.17, 15) is 18.0 Å². The van der Waals surface area contributed by atoms with E-state index < -0.39 is 12.2 Å². The van der Waals surface area contributed by atoms with Gasteiger partial charge in [-0.25, -0.2) is 4.99 Å². The van der Waals surface area contributed by atoms with Gasteiger partial charge in [0.15, 0.2) is 5.96 Å². The molecule has 0 aliphatic carbocycles. The summed E-state index contributed by atoms with van der Waals surface area (Å²) in [7, 11) is 0. The summed E-state index contributed by atoms with van der Waals surface area (Å²) < 4.78 is 38.9. The third-order valence-corrected chi connectivity index (χ3v) is 5.95. The number of hydrogen-bond donors (Lipinski definition) is 1. The molecule has 2 fully saturated rings. The van der Waals surface area contributed by atoms with Crippen LogP contribution in [0.5, 0.6) is 0 Å². The molecule has 2 heterocycles. The van der Waals surface area contributed by atoms with E-state index in [0.717, 1.165) is 30.1 Å². The molecular weight excluding hydrogens is 407 g/mol. The Hall–Kier alpha value is -2.29. The van der Waals surface area contributed by atoms with E-state index in [4.69, 9.17) is 4.99 Å². The summed E-state index contributed by atoms with van der Waals surface area (Å²) in [5, 5.41) is 3.25. The van der Waals surface area contributed by atoms with Crippen LogP contribution in [0.25, 0.3) is 0 Å². The minimum absolute atomic E-state index is 0.216. The number of nitrogens with one attached hydrogen (secondary N) is 1. The Labute approximate surface area is 182 Å². The van der Waals surface area contributed by atoms with Crippen molar-refractivity contribution in [1.29, 1.82) is 0 Å². The molecule has 3 rings (SSSR count). The van der Waals surface area contributed by atoms with Crippen molar-refractivity contribution in [2.45, 2.75) is 52.0 Å². The van der Waals surface area contributed by atoms with Crippen LogP contribution in [-0.4, -0.2) is 78.1 Å². The molecule has 0 aromatic heterocycles. The van der Waals surface area contributed by atoms with E-state index >= 15 is 0 Å². The van der Waals surface area contributed by atoms with Crippen molar-refractivity contribution in [3.63, 3.8) is 0 Å². The van der Waals surface area contributed by atoms with Crippen molar-refractivity contribution >= 4 is 11.9 Å². The molecule has 0 radical (unpaired) electrons. The van der Waals surface area contributed by atoms with Crippen molar-refractivity contribution in [3.8, 4) is 0 Å². The fourth-order valence-corrected chi connectivity index (χ4v) is 3.96. The molecule has 172 valence electrons. The van der Waals surface area contributed by atoms with E-state index in [1.807, 2.05) is 41.0 Å². The standard InChI is InChI=1S/C22H32F3N5O/c1-3-26-21(29-13-11-28(12-14-29)17(2)22(23,24)25)27-15-18-6-8-19(9-7-18)16-30-10-4-5-20(30)31/h6-9,17H,3-5,10-16H2,1-2H3,(H,26,27). The van der Waals surface area contributed by atoms with E-state index in [0.29, 0.717) is 52.2 Å². The number of aliphatic imine (C=N–C) groups is 1. The third kappa shape index (κ3) is 6.35. The van der Waals surface area contributed by atoms with Gasteiger partial charge in [0.05, 0.1) is 6.54 Å². The molecule has 31 heavy (non-hydrogen) atoms. The summed E-state index contributed by atoms with van der Waals surface area (Å²) in [6.45, 7) is 7.58. The summed E-state index contributed by atoms with van der Waals surface area (Å²) in [4.78, 5) is 21.9. The topological polar surface area (TPSA) is 51.2 Å². The molecule has 1 aromatic rings.